The molecule has 14 heavy (non-hydrogen) atoms. The normalized spacial score (nSPS) is 16.1. The molecule has 0 bridgehead atoms. The summed E-state index contributed by atoms with van der Waals surface area (Å²) in [6.45, 7) is 0.725. The van der Waals surface area contributed by atoms with Gasteiger partial charge < -0.3 is 23.6 Å². The van der Waals surface area contributed by atoms with Crippen LogP contribution < -0.4 is 4.89 Å². The Labute approximate surface area is 83.2 Å². The highest BCUT2D eigenvalue weighted by Crippen LogP contribution is 2.27. The van der Waals surface area contributed by atoms with Gasteiger partial charge in [-0.05, 0) is 0 Å². The second-order valence-corrected chi connectivity index (χ2v) is 5.62. The van der Waals surface area contributed by atoms with Crippen molar-refractivity contribution in [1.82, 2.24) is 0 Å². The van der Waals surface area contributed by atoms with E-state index in [9.17, 15) is 14.3 Å². The Morgan fingerprint density at radius 1 is 1.50 bits per heavy atom. The molecular weight excluding hydrogens is 209 g/mol. The molecule has 0 aromatic heterocycles. The average molecular weight is 225 g/mol. The molecule has 0 rings (SSSR count). The Bertz CT molecular complexity index is 241. The zero-order valence-corrected chi connectivity index (χ0v) is 9.49. The number of nitrogens with zero attached hydrogens (tertiary/aromatic N) is 1. The first-order chi connectivity index (χ1) is 6.10. The van der Waals surface area contributed by atoms with Crippen LogP contribution in [0.1, 0.15) is 0 Å². The lowest BCUT2D eigenvalue weighted by atomic mass is 10.5. The van der Waals surface area contributed by atoms with E-state index >= 15 is 0 Å². The molecule has 0 heterocycles. The van der Waals surface area contributed by atoms with Crippen molar-refractivity contribution in [3.05, 3.63) is 0 Å². The van der Waals surface area contributed by atoms with Crippen LogP contribution in [-0.2, 0) is 14.1 Å². The molecule has 0 radical (unpaired) electrons. The fourth-order valence-corrected chi connectivity index (χ4v) is 1.06. The van der Waals surface area contributed by atoms with Crippen LogP contribution in [0.2, 0.25) is 0 Å². The highest BCUT2D eigenvalue weighted by molar-refractivity contribution is 7.51. The number of carbonyl (C=O) groups excluding carboxylic acids is 1. The smallest absolute Gasteiger partial charge is 0.314 e. The van der Waals surface area contributed by atoms with Gasteiger partial charge in [0, 0.05) is 0 Å². The van der Waals surface area contributed by atoms with E-state index < -0.39 is 19.7 Å². The van der Waals surface area contributed by atoms with Crippen LogP contribution in [0.5, 0.6) is 0 Å². The number of hydrogen-bond acceptors (Lipinski definition) is 4. The number of ether oxygens (including phenoxy) is 1. The predicted molar refractivity (Wildman–Crippen MR) is 48.6 cm³/mol. The molecule has 6 nitrogen and oxygen atoms in total. The lowest BCUT2D eigenvalue weighted by molar-refractivity contribution is -0.870. The van der Waals surface area contributed by atoms with Crippen molar-refractivity contribution >= 4 is 13.6 Å². The minimum atomic E-state index is -4.53. The van der Waals surface area contributed by atoms with Gasteiger partial charge in [0.2, 0.25) is 0 Å². The first kappa shape index (κ1) is 13.6. The first-order valence-electron chi connectivity index (χ1n) is 4.09. The van der Waals surface area contributed by atoms with Crippen LogP contribution in [0.15, 0.2) is 0 Å². The number of likely N-dealkylation sites (N-methyl/N-ethyl adjacent to an activating group) is 1. The molecule has 0 fully saturated rings. The molecule has 0 amide bonds. The number of rotatable bonds is 5. The van der Waals surface area contributed by atoms with Crippen LogP contribution in [0, 0.1) is 0 Å². The van der Waals surface area contributed by atoms with E-state index in [0.717, 1.165) is 0 Å². The Morgan fingerprint density at radius 2 is 2.00 bits per heavy atom. The quantitative estimate of drug-likeness (QED) is 0.360. The van der Waals surface area contributed by atoms with Crippen LogP contribution >= 0.6 is 7.60 Å². The number of esters is 1. The topological polar surface area (TPSA) is 86.7 Å². The minimum Gasteiger partial charge on any atom is -0.778 e. The molecule has 7 heteroatoms. The zero-order chi connectivity index (χ0) is 11.4. The Hall–Kier alpha value is -0.420. The molecule has 0 spiro atoms. The summed E-state index contributed by atoms with van der Waals surface area (Å²) in [5.41, 5.74) is 0. The van der Waals surface area contributed by atoms with Crippen molar-refractivity contribution in [2.75, 3.05) is 40.5 Å². The Kier molecular flexibility index (Phi) is 4.74. The number of carbonyl (C=O) groups is 1. The lowest BCUT2D eigenvalue weighted by Gasteiger charge is -2.23. The van der Waals surface area contributed by atoms with Crippen molar-refractivity contribution in [3.63, 3.8) is 0 Å². The lowest BCUT2D eigenvalue weighted by Crippen LogP contribution is -2.38. The van der Waals surface area contributed by atoms with Crippen molar-refractivity contribution in [2.24, 2.45) is 0 Å². The third-order valence-corrected chi connectivity index (χ3v) is 2.01. The SMILES string of the molecule is C[N+](C)(C)CCOC(=O)CP(=O)([O-])O. The first-order valence-corrected chi connectivity index (χ1v) is 5.85. The predicted octanol–water partition coefficient (Wildman–Crippen LogP) is -1.22. The van der Waals surface area contributed by atoms with E-state index in [-0.39, 0.29) is 6.61 Å². The monoisotopic (exact) mass is 225 g/mol. The van der Waals surface area contributed by atoms with Gasteiger partial charge in [-0.15, -0.1) is 0 Å². The highest BCUT2D eigenvalue weighted by Gasteiger charge is 2.13. The van der Waals surface area contributed by atoms with E-state index in [1.165, 1.54) is 0 Å². The van der Waals surface area contributed by atoms with Crippen molar-refractivity contribution < 1.29 is 28.4 Å². The van der Waals surface area contributed by atoms with E-state index in [1.54, 1.807) is 0 Å². The maximum Gasteiger partial charge on any atom is 0.314 e. The van der Waals surface area contributed by atoms with Crippen molar-refractivity contribution in [2.45, 2.75) is 0 Å². The number of quaternary nitrogens is 1. The Morgan fingerprint density at radius 3 is 2.36 bits per heavy atom. The van der Waals surface area contributed by atoms with E-state index in [4.69, 9.17) is 4.89 Å². The molecule has 0 aliphatic rings. The fraction of sp³-hybridized carbons (Fsp3) is 0.857. The number of hydrogen-bond donors (Lipinski definition) is 1. The second kappa shape index (κ2) is 4.89. The zero-order valence-electron chi connectivity index (χ0n) is 8.60. The van der Waals surface area contributed by atoms with Gasteiger partial charge in [-0.25, -0.2) is 0 Å². The maximum absolute atomic E-state index is 10.8. The van der Waals surface area contributed by atoms with Gasteiger partial charge in [0.05, 0.1) is 21.1 Å². The van der Waals surface area contributed by atoms with Crippen LogP contribution in [-0.4, -0.2) is 55.8 Å². The summed E-state index contributed by atoms with van der Waals surface area (Å²) in [5, 5.41) is 0. The molecule has 0 saturated heterocycles. The van der Waals surface area contributed by atoms with Gasteiger partial charge in [0.15, 0.2) is 0 Å². The van der Waals surface area contributed by atoms with Gasteiger partial charge in [-0.3, -0.25) is 4.79 Å². The summed E-state index contributed by atoms with van der Waals surface area (Å²) >= 11 is 0. The standard InChI is InChI=1S/C7H16NO5P/c1-8(2,3)4-5-13-7(9)6-14(10,11)12/h4-6H2,1-3H3,(H-,10,11,12). The summed E-state index contributed by atoms with van der Waals surface area (Å²) in [6.07, 6.45) is -0.954. The van der Waals surface area contributed by atoms with Gasteiger partial charge in [-0.1, -0.05) is 0 Å². The third kappa shape index (κ3) is 9.67. The highest BCUT2D eigenvalue weighted by atomic mass is 31.2. The minimum absolute atomic E-state index is 0.141. The van der Waals surface area contributed by atoms with Gasteiger partial charge in [0.1, 0.15) is 26.9 Å². The molecule has 1 N–H and O–H groups in total. The molecule has 0 aromatic carbocycles. The average Bonchev–Trinajstić information content (AvgIpc) is 1.78. The van der Waals surface area contributed by atoms with E-state index in [0.29, 0.717) is 11.0 Å². The van der Waals surface area contributed by atoms with E-state index in [2.05, 4.69) is 4.74 Å². The second-order valence-electron chi connectivity index (χ2n) is 4.03. The summed E-state index contributed by atoms with van der Waals surface area (Å²) in [7, 11) is 1.21. The van der Waals surface area contributed by atoms with Crippen molar-refractivity contribution in [1.29, 1.82) is 0 Å². The largest absolute Gasteiger partial charge is 0.778 e. The van der Waals surface area contributed by atoms with Crippen LogP contribution in [0.25, 0.3) is 0 Å². The van der Waals surface area contributed by atoms with Gasteiger partial charge >= 0.3 is 5.97 Å². The molecule has 1 unspecified atom stereocenters. The summed E-state index contributed by atoms with van der Waals surface area (Å²) < 4.78 is 15.5. The van der Waals surface area contributed by atoms with Crippen molar-refractivity contribution in [3.8, 4) is 0 Å². The third-order valence-electron chi connectivity index (χ3n) is 1.35. The molecule has 0 saturated carbocycles. The van der Waals surface area contributed by atoms with Crippen LogP contribution in [0.4, 0.5) is 0 Å². The maximum atomic E-state index is 10.8. The van der Waals surface area contributed by atoms with E-state index in [1.807, 2.05) is 21.1 Å². The Balaban J connectivity index is 3.72. The van der Waals surface area contributed by atoms with Crippen LogP contribution in [0.3, 0.4) is 0 Å². The van der Waals surface area contributed by atoms with Gasteiger partial charge in [-0.2, -0.15) is 0 Å². The summed E-state index contributed by atoms with van der Waals surface area (Å²) in [5.74, 6) is -0.917. The molecule has 0 aliphatic heterocycles. The molecule has 1 atom stereocenters. The molecule has 84 valence electrons. The molecule has 0 aliphatic carbocycles. The van der Waals surface area contributed by atoms with Gasteiger partial charge in [0.25, 0.3) is 0 Å². The summed E-state index contributed by atoms with van der Waals surface area (Å²) in [4.78, 5) is 29.4. The fourth-order valence-electron chi connectivity index (χ4n) is 0.642. The molecule has 0 aromatic rings. The molecular formula is C7H16NO5P. The summed E-state index contributed by atoms with van der Waals surface area (Å²) in [6, 6.07) is 0.